The van der Waals surface area contributed by atoms with Gasteiger partial charge in [0.05, 0.1) is 39.6 Å². The summed E-state index contributed by atoms with van der Waals surface area (Å²) in [6, 6.07) is 0. The van der Waals surface area contributed by atoms with Gasteiger partial charge in [-0.25, -0.2) is 14.2 Å². The Morgan fingerprint density at radius 1 is 0.586 bits per heavy atom. The smallest absolute Gasteiger partial charge is 0.0700 e. The van der Waals surface area contributed by atoms with Crippen LogP contribution in [0.25, 0.3) is 0 Å². The van der Waals surface area contributed by atoms with E-state index in [4.69, 9.17) is 18.9 Å². The summed E-state index contributed by atoms with van der Waals surface area (Å²) in [4.78, 5) is 0. The van der Waals surface area contributed by atoms with Crippen LogP contribution in [-0.2, 0) is 18.9 Å². The Morgan fingerprint density at radius 2 is 0.828 bits per heavy atom. The van der Waals surface area contributed by atoms with E-state index in [1.165, 1.54) is 0 Å². The first-order valence-electron chi connectivity index (χ1n) is 6.56. The maximum absolute atomic E-state index is 9.25. The molecule has 0 aliphatic carbocycles. The molecule has 2 N–H and O–H groups in total. The molecule has 29 heavy (non-hydrogen) atoms. The molecule has 0 fully saturated rings. The Bertz CT molecular complexity index is 227. The fourth-order valence-electron chi connectivity index (χ4n) is 1.51. The molecule has 2 atom stereocenters. The van der Waals surface area contributed by atoms with E-state index in [1.807, 2.05) is 13.8 Å². The van der Waals surface area contributed by atoms with Crippen molar-refractivity contribution in [1.29, 1.82) is 0 Å². The molecule has 0 aliphatic heterocycles. The molecule has 0 radical (unpaired) electrons. The van der Waals surface area contributed by atoms with E-state index in [1.54, 1.807) is 0 Å². The van der Waals surface area contributed by atoms with Crippen molar-refractivity contribution in [2.45, 2.75) is 65.8 Å². The minimum absolute atomic E-state index is 0. The van der Waals surface area contributed by atoms with Gasteiger partial charge in [0, 0.05) is 24.0 Å². The molecule has 2 unspecified atom stereocenters. The van der Waals surface area contributed by atoms with Crippen LogP contribution < -0.4 is 0 Å². The Labute approximate surface area is 173 Å². The Balaban J connectivity index is -0.0000000501. The maximum Gasteiger partial charge on any atom is 0.0700 e. The van der Waals surface area contributed by atoms with Gasteiger partial charge in [-0.15, -0.1) is 0 Å². The van der Waals surface area contributed by atoms with Crippen LogP contribution in [0.3, 0.4) is 0 Å². The van der Waals surface area contributed by atoms with Gasteiger partial charge in [0.25, 0.3) is 0 Å². The molecule has 0 aromatic heterocycles. The largest absolute Gasteiger partial charge is 0.554 e. The third-order valence-electron chi connectivity index (χ3n) is 2.94. The fourth-order valence-corrected chi connectivity index (χ4v) is 1.51. The SMILES string of the molecule is C.C.C.C.C.C.C.[CH2-]OCC(C)(CO)COCCOCC(C)(CO)CO[CH2-].[Rf].[Rf]. The van der Waals surface area contributed by atoms with Crippen molar-refractivity contribution in [1.82, 2.24) is 0 Å². The average molecular weight is 939 g/mol. The van der Waals surface area contributed by atoms with Crippen LogP contribution in [0.5, 0.6) is 0 Å². The quantitative estimate of drug-likeness (QED) is 0.198. The molecular formula is C21H56O6Rf2-2. The van der Waals surface area contributed by atoms with E-state index in [0.29, 0.717) is 39.6 Å². The summed E-state index contributed by atoms with van der Waals surface area (Å²) in [6.07, 6.45) is 0. The van der Waals surface area contributed by atoms with E-state index in [0.717, 1.165) is 0 Å². The van der Waals surface area contributed by atoms with E-state index in [9.17, 15) is 10.2 Å². The van der Waals surface area contributed by atoms with Crippen LogP contribution in [0.15, 0.2) is 0 Å². The normalized spacial score (nSPS) is 12.2. The first-order chi connectivity index (χ1) is 9.45. The van der Waals surface area contributed by atoms with Gasteiger partial charge in [0.2, 0.25) is 0 Å². The summed E-state index contributed by atoms with van der Waals surface area (Å²) in [7, 11) is 6.60. The minimum atomic E-state index is -0.455. The molecule has 0 amide bonds. The third kappa shape index (κ3) is 28.1. The number of rotatable bonds is 13. The zero-order chi connectivity index (χ0) is 15.5. The number of ether oxygens (including phenoxy) is 4. The fraction of sp³-hybridized carbons (Fsp3) is 0.905. The Hall–Kier alpha value is -2.24. The second-order valence-corrected chi connectivity index (χ2v) is 5.74. The van der Waals surface area contributed by atoms with Gasteiger partial charge >= 0.3 is 0 Å². The van der Waals surface area contributed by atoms with Crippen molar-refractivity contribution in [2.24, 2.45) is 10.8 Å². The van der Waals surface area contributed by atoms with Crippen LogP contribution in [-0.4, -0.2) is 63.1 Å². The maximum atomic E-state index is 9.25. The summed E-state index contributed by atoms with van der Waals surface area (Å²) < 4.78 is 20.5. The monoisotopic (exact) mass is 939 g/mol. The number of aliphatic hydroxyl groups is 2. The van der Waals surface area contributed by atoms with E-state index in [-0.39, 0.29) is 65.2 Å². The number of hydrogen-bond acceptors (Lipinski definition) is 6. The van der Waals surface area contributed by atoms with Crippen molar-refractivity contribution >= 4 is 0 Å². The minimum Gasteiger partial charge on any atom is -0.554 e. The predicted molar refractivity (Wildman–Crippen MR) is 122 cm³/mol. The van der Waals surface area contributed by atoms with Crippen molar-refractivity contribution < 1.29 is 29.2 Å². The molecule has 8 heteroatoms. The van der Waals surface area contributed by atoms with Gasteiger partial charge in [-0.2, -0.15) is 0 Å². The summed E-state index contributed by atoms with van der Waals surface area (Å²) in [5.41, 5.74) is -0.911. The van der Waals surface area contributed by atoms with E-state index >= 15 is 0 Å². The zero-order valence-electron chi connectivity index (χ0n) is 14.0. The Morgan fingerprint density at radius 3 is 1.00 bits per heavy atom. The van der Waals surface area contributed by atoms with Crippen LogP contribution in [0.2, 0.25) is 0 Å². The van der Waals surface area contributed by atoms with Crippen molar-refractivity contribution in [3.05, 3.63) is 14.2 Å². The van der Waals surface area contributed by atoms with Crippen molar-refractivity contribution in [3.8, 4) is 0 Å². The van der Waals surface area contributed by atoms with Crippen molar-refractivity contribution in [2.75, 3.05) is 52.9 Å². The summed E-state index contributed by atoms with van der Waals surface area (Å²) in [5, 5.41) is 18.5. The van der Waals surface area contributed by atoms with Gasteiger partial charge in [0.1, 0.15) is 0 Å². The molecule has 0 aliphatic rings. The molecule has 0 rings (SSSR count). The molecule has 0 aromatic rings. The predicted octanol–water partition coefficient (Wildman–Crippen LogP) is 5.09. The second kappa shape index (κ2) is 33.4. The van der Waals surface area contributed by atoms with Crippen LogP contribution in [0, 0.1) is 25.0 Å². The Kier molecular flexibility index (Phi) is 72.7. The molecule has 6 nitrogen and oxygen atoms in total. The molecular weight excluding hydrogens is 882 g/mol. The number of hydrogen-bond donors (Lipinski definition) is 2. The summed E-state index contributed by atoms with van der Waals surface area (Å²) >= 11 is 0. The molecule has 0 aromatic carbocycles. The molecule has 0 heterocycles. The molecule has 182 valence electrons. The van der Waals surface area contributed by atoms with Crippen LogP contribution >= 0.6 is 0 Å². The standard InChI is InChI=1S/C14H28O6.7CH4.2Rf/c1-13(7-15,9-17-3)11-19-5-6-20-12-14(2,8-16)10-18-4;;;;;;;;;/h15-16H,3-12H2,1-2H3;7*1H4;;/q-2;;;;;;;;;. The second-order valence-electron chi connectivity index (χ2n) is 5.74. The average Bonchev–Trinajstić information content (AvgIpc) is 2.43. The van der Waals surface area contributed by atoms with Gasteiger partial charge in [0.15, 0.2) is 0 Å². The summed E-state index contributed by atoms with van der Waals surface area (Å²) in [5.74, 6) is 0. The first kappa shape index (κ1) is 63.2. The van der Waals surface area contributed by atoms with Gasteiger partial charge in [-0.1, -0.05) is 65.8 Å². The van der Waals surface area contributed by atoms with E-state index < -0.39 is 10.8 Å². The molecule has 0 saturated heterocycles. The summed E-state index contributed by atoms with van der Waals surface area (Å²) in [6.45, 7) is 5.82. The topological polar surface area (TPSA) is 77.4 Å². The molecule has 0 saturated carbocycles. The van der Waals surface area contributed by atoms with Gasteiger partial charge in [-0.3, -0.25) is 0 Å². The van der Waals surface area contributed by atoms with Crippen LogP contribution in [0.4, 0.5) is 0 Å². The zero-order valence-corrected chi connectivity index (χ0v) is 26.8. The van der Waals surface area contributed by atoms with Crippen LogP contribution in [0.1, 0.15) is 65.8 Å². The van der Waals surface area contributed by atoms with Gasteiger partial charge < -0.3 is 29.2 Å². The first-order valence-corrected chi connectivity index (χ1v) is 6.56. The number of aliphatic hydroxyl groups excluding tert-OH is 2. The molecule has 0 spiro atoms. The molecule has 0 bridgehead atoms. The third-order valence-corrected chi connectivity index (χ3v) is 2.94. The van der Waals surface area contributed by atoms with Gasteiger partial charge in [-0.05, 0) is 0 Å². The van der Waals surface area contributed by atoms with Crippen molar-refractivity contribution in [3.63, 3.8) is 0 Å². The van der Waals surface area contributed by atoms with E-state index in [2.05, 4.69) is 14.2 Å².